The van der Waals surface area contributed by atoms with Crippen LogP contribution in [0.2, 0.25) is 0 Å². The Morgan fingerprint density at radius 3 is 2.73 bits per heavy atom. The zero-order valence-corrected chi connectivity index (χ0v) is 7.56. The maximum absolute atomic E-state index is 2.27. The van der Waals surface area contributed by atoms with Crippen molar-refractivity contribution in [3.05, 3.63) is 29.8 Å². The standard InChI is InChI=1S/C9H11NS/c1-10-7-11(2)9-6-4-3-5-8(9)10/h3-7H,1-2H3/q+2. The topological polar surface area (TPSA) is 3.88 Å². The molecule has 1 unspecified atom stereocenters. The van der Waals surface area contributed by atoms with E-state index in [1.807, 2.05) is 0 Å². The molecule has 2 heteroatoms. The number of aryl methyl sites for hydroxylation is 2. The number of hydrogen-bond acceptors (Lipinski definition) is 0. The summed E-state index contributed by atoms with van der Waals surface area (Å²) in [5.41, 5.74) is 3.63. The maximum atomic E-state index is 2.27. The van der Waals surface area contributed by atoms with Crippen molar-refractivity contribution in [1.29, 1.82) is 0 Å². The Morgan fingerprint density at radius 2 is 2.00 bits per heavy atom. The van der Waals surface area contributed by atoms with E-state index in [9.17, 15) is 0 Å². The molecule has 0 aliphatic rings. The molecule has 1 aromatic heterocycles. The number of nitrogens with zero attached hydrogens (tertiary/aromatic N) is 1. The summed E-state index contributed by atoms with van der Waals surface area (Å²) < 4.78 is 3.67. The van der Waals surface area contributed by atoms with Crippen LogP contribution in [0.4, 0.5) is 0 Å². The lowest BCUT2D eigenvalue weighted by Gasteiger charge is -1.77. The van der Waals surface area contributed by atoms with Crippen molar-refractivity contribution in [1.82, 2.24) is 0 Å². The van der Waals surface area contributed by atoms with Crippen LogP contribution in [0.5, 0.6) is 0 Å². The van der Waals surface area contributed by atoms with Crippen LogP contribution >= 0.6 is 10.5 Å². The molecule has 56 valence electrons. The van der Waals surface area contributed by atoms with Crippen LogP contribution in [-0.2, 0) is 13.3 Å². The summed E-state index contributed by atoms with van der Waals surface area (Å²) in [4.78, 5) is 0. The molecule has 0 spiro atoms. The fourth-order valence-electron chi connectivity index (χ4n) is 1.37. The highest BCUT2D eigenvalue weighted by atomic mass is 32.2. The van der Waals surface area contributed by atoms with Gasteiger partial charge in [-0.05, 0) is 0 Å². The summed E-state index contributed by atoms with van der Waals surface area (Å²) in [5, 5.41) is 0. The molecule has 1 nitrogen and oxygen atoms in total. The normalized spacial score (nSPS) is 12.4. The number of rotatable bonds is 0. The largest absolute Gasteiger partial charge is 0.369 e. The SMILES string of the molecule is C[n+]1c[s+](C)c2ccccc21. The highest BCUT2D eigenvalue weighted by Gasteiger charge is 2.17. The average Bonchev–Trinajstić information content (AvgIpc) is 2.30. The van der Waals surface area contributed by atoms with Gasteiger partial charge in [0.25, 0.3) is 5.52 Å². The molecule has 0 saturated carbocycles. The third-order valence-corrected chi connectivity index (χ3v) is 3.58. The van der Waals surface area contributed by atoms with Crippen molar-refractivity contribution in [2.45, 2.75) is 0 Å². The second-order valence-corrected chi connectivity index (χ2v) is 4.51. The maximum Gasteiger partial charge on any atom is 0.369 e. The molecule has 0 amide bonds. The molecule has 0 bridgehead atoms. The van der Waals surface area contributed by atoms with E-state index in [1.54, 1.807) is 0 Å². The van der Waals surface area contributed by atoms with E-state index in [-0.39, 0.29) is 0 Å². The van der Waals surface area contributed by atoms with Gasteiger partial charge < -0.3 is 0 Å². The third kappa shape index (κ3) is 0.942. The molecular formula is C9H11NS+2. The van der Waals surface area contributed by atoms with Gasteiger partial charge in [0.2, 0.25) is 4.70 Å². The summed E-state index contributed by atoms with van der Waals surface area (Å²) in [6, 6.07) is 8.57. The van der Waals surface area contributed by atoms with Gasteiger partial charge >= 0.3 is 5.51 Å². The monoisotopic (exact) mass is 165 g/mol. The van der Waals surface area contributed by atoms with Gasteiger partial charge in [0.1, 0.15) is 13.3 Å². The lowest BCUT2D eigenvalue weighted by atomic mass is 10.3. The van der Waals surface area contributed by atoms with E-state index in [4.69, 9.17) is 0 Å². The minimum absolute atomic E-state index is 0.323. The second-order valence-electron chi connectivity index (χ2n) is 2.74. The fourth-order valence-corrected chi connectivity index (χ4v) is 2.91. The van der Waals surface area contributed by atoms with Crippen molar-refractivity contribution in [2.24, 2.45) is 13.3 Å². The third-order valence-electron chi connectivity index (χ3n) is 1.91. The highest BCUT2D eigenvalue weighted by Crippen LogP contribution is 2.23. The number of aromatic nitrogens is 1. The predicted octanol–water partition coefficient (Wildman–Crippen LogP) is 1.95. The minimum atomic E-state index is 0.323. The first-order valence-electron chi connectivity index (χ1n) is 3.60. The molecule has 11 heavy (non-hydrogen) atoms. The van der Waals surface area contributed by atoms with E-state index in [0.29, 0.717) is 10.5 Å². The Bertz CT molecular complexity index is 353. The second kappa shape index (κ2) is 2.31. The summed E-state index contributed by atoms with van der Waals surface area (Å²) in [6.45, 7) is 0. The zero-order valence-electron chi connectivity index (χ0n) is 6.74. The van der Waals surface area contributed by atoms with E-state index in [1.165, 1.54) is 10.2 Å². The first kappa shape index (κ1) is 6.80. The first-order chi connectivity index (χ1) is 5.29. The van der Waals surface area contributed by atoms with Gasteiger partial charge in [-0.1, -0.05) is 12.1 Å². The number of thiazole rings is 1. The molecule has 1 aromatic carbocycles. The van der Waals surface area contributed by atoms with E-state index >= 15 is 0 Å². The van der Waals surface area contributed by atoms with Crippen LogP contribution in [-0.4, -0.2) is 0 Å². The van der Waals surface area contributed by atoms with Gasteiger partial charge in [0.05, 0.1) is 10.5 Å². The molecular weight excluding hydrogens is 154 g/mol. The lowest BCUT2D eigenvalue weighted by Crippen LogP contribution is -2.24. The smallest absolute Gasteiger partial charge is 0.151 e. The van der Waals surface area contributed by atoms with Crippen LogP contribution in [0.1, 0.15) is 0 Å². The van der Waals surface area contributed by atoms with Gasteiger partial charge in [-0.15, -0.1) is 0 Å². The number of hydrogen-bond donors (Lipinski definition) is 0. The highest BCUT2D eigenvalue weighted by molar-refractivity contribution is 7.33. The Morgan fingerprint density at radius 1 is 1.27 bits per heavy atom. The molecule has 1 heterocycles. The minimum Gasteiger partial charge on any atom is -0.151 e. The number of para-hydroxylation sites is 1. The van der Waals surface area contributed by atoms with Gasteiger partial charge in [0, 0.05) is 12.1 Å². The molecule has 0 aliphatic heterocycles. The molecule has 0 aliphatic carbocycles. The number of benzene rings is 1. The number of fused-ring (bicyclic) bond motifs is 1. The molecule has 0 N–H and O–H groups in total. The van der Waals surface area contributed by atoms with E-state index < -0.39 is 0 Å². The summed E-state index contributed by atoms with van der Waals surface area (Å²) in [7, 11) is 2.43. The van der Waals surface area contributed by atoms with Crippen LogP contribution < -0.4 is 4.57 Å². The Hall–Kier alpha value is -0.890. The Labute approximate surface area is 68.9 Å². The molecule has 2 aromatic rings. The molecule has 1 atom stereocenters. The Kier molecular flexibility index (Phi) is 1.43. The van der Waals surface area contributed by atoms with Crippen molar-refractivity contribution in [3.8, 4) is 0 Å². The van der Waals surface area contributed by atoms with Gasteiger partial charge in [0.15, 0.2) is 0 Å². The molecule has 0 fully saturated rings. The van der Waals surface area contributed by atoms with Crippen molar-refractivity contribution >= 4 is 20.7 Å². The zero-order chi connectivity index (χ0) is 7.84. The fraction of sp³-hybridized carbons (Fsp3) is 0.222. The van der Waals surface area contributed by atoms with Crippen LogP contribution in [0.25, 0.3) is 10.2 Å². The molecule has 0 radical (unpaired) electrons. The van der Waals surface area contributed by atoms with Gasteiger partial charge in [-0.2, -0.15) is 4.57 Å². The van der Waals surface area contributed by atoms with Crippen LogP contribution in [0.15, 0.2) is 29.8 Å². The summed E-state index contributed by atoms with van der Waals surface area (Å²) in [5.74, 6) is 0. The van der Waals surface area contributed by atoms with Crippen molar-refractivity contribution in [3.63, 3.8) is 0 Å². The molecule has 0 saturated heterocycles. The molecule has 2 rings (SSSR count). The summed E-state index contributed by atoms with van der Waals surface area (Å²) in [6.07, 6.45) is 2.25. The van der Waals surface area contributed by atoms with E-state index in [0.717, 1.165) is 0 Å². The predicted molar refractivity (Wildman–Crippen MR) is 48.6 cm³/mol. The quantitative estimate of drug-likeness (QED) is 0.415. The van der Waals surface area contributed by atoms with Crippen LogP contribution in [0, 0.1) is 0 Å². The summed E-state index contributed by atoms with van der Waals surface area (Å²) >= 11 is 0. The van der Waals surface area contributed by atoms with Gasteiger partial charge in [-0.3, -0.25) is 0 Å². The van der Waals surface area contributed by atoms with E-state index in [2.05, 4.69) is 47.6 Å². The van der Waals surface area contributed by atoms with Crippen molar-refractivity contribution in [2.75, 3.05) is 0 Å². The van der Waals surface area contributed by atoms with Gasteiger partial charge in [-0.25, -0.2) is 0 Å². The van der Waals surface area contributed by atoms with Crippen molar-refractivity contribution < 1.29 is 4.57 Å². The lowest BCUT2D eigenvalue weighted by molar-refractivity contribution is -0.640. The average molecular weight is 165 g/mol. The first-order valence-corrected chi connectivity index (χ1v) is 5.30. The Balaban J connectivity index is 2.95. The van der Waals surface area contributed by atoms with Crippen LogP contribution in [0.3, 0.4) is 0 Å².